The fourth-order valence-corrected chi connectivity index (χ4v) is 3.24. The average molecular weight is 320 g/mol. The molecule has 0 aliphatic heterocycles. The van der Waals surface area contributed by atoms with E-state index in [1.807, 2.05) is 0 Å². The van der Waals surface area contributed by atoms with Crippen molar-refractivity contribution in [2.24, 2.45) is 0 Å². The van der Waals surface area contributed by atoms with Crippen molar-refractivity contribution in [1.29, 1.82) is 0 Å². The summed E-state index contributed by atoms with van der Waals surface area (Å²) in [5.74, 6) is -0.551. The number of H-pyrrole nitrogens is 1. The molecule has 1 aliphatic carbocycles. The monoisotopic (exact) mass is 320 g/mol. The van der Waals surface area contributed by atoms with E-state index >= 15 is 0 Å². The zero-order valence-corrected chi connectivity index (χ0v) is 13.8. The fraction of sp³-hybridized carbons (Fsp3) is 0.667. The average Bonchev–Trinajstić information content (AvgIpc) is 2.49. The molecule has 0 atom stereocenters. The SMILES string of the molecule is O=C(NC1CCCCCCCCCCC1)c1cc(O)[nH]c(=O)c1. The van der Waals surface area contributed by atoms with Gasteiger partial charge in [-0.3, -0.25) is 14.6 Å². The first-order valence-corrected chi connectivity index (χ1v) is 8.89. The highest BCUT2D eigenvalue weighted by Crippen LogP contribution is 2.17. The van der Waals surface area contributed by atoms with Crippen LogP contribution in [0.3, 0.4) is 0 Å². The molecule has 3 N–H and O–H groups in total. The largest absolute Gasteiger partial charge is 0.494 e. The first kappa shape index (κ1) is 17.6. The lowest BCUT2D eigenvalue weighted by atomic mass is 9.97. The Balaban J connectivity index is 1.93. The Hall–Kier alpha value is -1.78. The second-order valence-electron chi connectivity index (χ2n) is 6.55. The molecular formula is C18H28N2O3. The third-order valence-corrected chi connectivity index (χ3v) is 4.53. The number of nitrogens with one attached hydrogen (secondary N) is 2. The zero-order valence-electron chi connectivity index (χ0n) is 13.8. The Labute approximate surface area is 137 Å². The van der Waals surface area contributed by atoms with Crippen molar-refractivity contribution in [2.45, 2.75) is 76.7 Å². The van der Waals surface area contributed by atoms with Gasteiger partial charge in [0.15, 0.2) is 5.88 Å². The predicted molar refractivity (Wildman–Crippen MR) is 90.8 cm³/mol. The number of carbonyl (C=O) groups is 1. The van der Waals surface area contributed by atoms with E-state index in [2.05, 4.69) is 10.3 Å². The molecule has 1 heterocycles. The summed E-state index contributed by atoms with van der Waals surface area (Å²) in [6.45, 7) is 0. The molecule has 0 bridgehead atoms. The van der Waals surface area contributed by atoms with Gasteiger partial charge in [0.1, 0.15) is 0 Å². The molecule has 1 amide bonds. The van der Waals surface area contributed by atoms with Gasteiger partial charge in [0.05, 0.1) is 5.56 Å². The van der Waals surface area contributed by atoms with Crippen LogP contribution in [0, 0.1) is 0 Å². The number of aromatic nitrogens is 1. The third-order valence-electron chi connectivity index (χ3n) is 4.53. The lowest BCUT2D eigenvalue weighted by molar-refractivity contribution is 0.0930. The molecule has 1 aromatic heterocycles. The molecule has 1 aliphatic rings. The highest BCUT2D eigenvalue weighted by molar-refractivity contribution is 5.94. The van der Waals surface area contributed by atoms with Gasteiger partial charge in [0.2, 0.25) is 0 Å². The number of aromatic hydroxyl groups is 1. The molecule has 5 heteroatoms. The van der Waals surface area contributed by atoms with Gasteiger partial charge >= 0.3 is 0 Å². The Kier molecular flexibility index (Phi) is 7.17. The van der Waals surface area contributed by atoms with Crippen molar-refractivity contribution < 1.29 is 9.90 Å². The van der Waals surface area contributed by atoms with Crippen molar-refractivity contribution in [3.05, 3.63) is 28.0 Å². The first-order chi connectivity index (χ1) is 11.1. The molecule has 0 radical (unpaired) electrons. The van der Waals surface area contributed by atoms with Crippen LogP contribution in [0.1, 0.15) is 81.0 Å². The van der Waals surface area contributed by atoms with Gasteiger partial charge in [-0.1, -0.05) is 57.8 Å². The van der Waals surface area contributed by atoms with Gasteiger partial charge in [-0.15, -0.1) is 0 Å². The topological polar surface area (TPSA) is 82.2 Å². The fourth-order valence-electron chi connectivity index (χ4n) is 3.24. The zero-order chi connectivity index (χ0) is 16.5. The minimum atomic E-state index is -0.464. The van der Waals surface area contributed by atoms with E-state index in [0.29, 0.717) is 0 Å². The van der Waals surface area contributed by atoms with Crippen molar-refractivity contribution in [2.75, 3.05) is 0 Å². The maximum atomic E-state index is 12.3. The smallest absolute Gasteiger partial charge is 0.251 e. The number of hydrogen-bond donors (Lipinski definition) is 3. The standard InChI is InChI=1S/C18H28N2O3/c21-16-12-14(13-17(22)20-16)18(23)19-15-10-8-6-4-2-1-3-5-7-9-11-15/h12-13,15H,1-11H2,(H,19,23)(H2,20,21,22). The van der Waals surface area contributed by atoms with E-state index in [0.717, 1.165) is 25.7 Å². The van der Waals surface area contributed by atoms with Crippen LogP contribution in [-0.4, -0.2) is 22.0 Å². The number of amides is 1. The second kappa shape index (κ2) is 9.38. The van der Waals surface area contributed by atoms with E-state index in [1.165, 1.54) is 57.1 Å². The lowest BCUT2D eigenvalue weighted by Gasteiger charge is -2.19. The van der Waals surface area contributed by atoms with Crippen LogP contribution >= 0.6 is 0 Å². The Bertz CT molecular complexity index is 541. The minimum Gasteiger partial charge on any atom is -0.494 e. The summed E-state index contributed by atoms with van der Waals surface area (Å²) in [7, 11) is 0. The van der Waals surface area contributed by atoms with E-state index < -0.39 is 5.56 Å². The van der Waals surface area contributed by atoms with Crippen LogP contribution in [0.15, 0.2) is 16.9 Å². The Morgan fingerprint density at radius 3 is 2.00 bits per heavy atom. The summed E-state index contributed by atoms with van der Waals surface area (Å²) in [5, 5.41) is 12.5. The number of hydrogen-bond acceptors (Lipinski definition) is 3. The highest BCUT2D eigenvalue weighted by Gasteiger charge is 2.15. The molecule has 128 valence electrons. The van der Waals surface area contributed by atoms with Crippen LogP contribution < -0.4 is 10.9 Å². The normalized spacial score (nSPS) is 18.6. The van der Waals surface area contributed by atoms with Gasteiger partial charge in [-0.05, 0) is 12.8 Å². The van der Waals surface area contributed by atoms with Crippen LogP contribution in [0.4, 0.5) is 0 Å². The summed E-state index contributed by atoms with van der Waals surface area (Å²) in [6, 6.07) is 2.68. The summed E-state index contributed by atoms with van der Waals surface area (Å²) in [6.07, 6.45) is 13.2. The molecule has 0 aromatic carbocycles. The van der Waals surface area contributed by atoms with E-state index in [1.54, 1.807) is 0 Å². The number of rotatable bonds is 2. The lowest BCUT2D eigenvalue weighted by Crippen LogP contribution is -2.35. The molecular weight excluding hydrogens is 292 g/mol. The molecule has 0 spiro atoms. The van der Waals surface area contributed by atoms with Crippen LogP contribution in [0.25, 0.3) is 0 Å². The van der Waals surface area contributed by atoms with Crippen LogP contribution in [-0.2, 0) is 0 Å². The second-order valence-corrected chi connectivity index (χ2v) is 6.55. The van der Waals surface area contributed by atoms with Gasteiger partial charge in [-0.2, -0.15) is 0 Å². The first-order valence-electron chi connectivity index (χ1n) is 8.89. The summed E-state index contributed by atoms with van der Waals surface area (Å²) in [5.41, 5.74) is -0.244. The quantitative estimate of drug-likeness (QED) is 0.780. The van der Waals surface area contributed by atoms with Crippen LogP contribution in [0.2, 0.25) is 0 Å². The predicted octanol–water partition coefficient (Wildman–Crippen LogP) is 3.48. The Morgan fingerprint density at radius 2 is 1.48 bits per heavy atom. The molecule has 2 rings (SSSR count). The molecule has 23 heavy (non-hydrogen) atoms. The van der Waals surface area contributed by atoms with Crippen LogP contribution in [0.5, 0.6) is 5.88 Å². The van der Waals surface area contributed by atoms with Gasteiger partial charge in [0.25, 0.3) is 11.5 Å². The highest BCUT2D eigenvalue weighted by atomic mass is 16.3. The molecule has 1 saturated carbocycles. The summed E-state index contributed by atoms with van der Waals surface area (Å²) >= 11 is 0. The van der Waals surface area contributed by atoms with Gasteiger partial charge in [0, 0.05) is 18.2 Å². The van der Waals surface area contributed by atoms with Gasteiger partial charge in [-0.25, -0.2) is 0 Å². The number of carbonyl (C=O) groups excluding carboxylic acids is 1. The van der Waals surface area contributed by atoms with Crippen molar-refractivity contribution >= 4 is 5.91 Å². The summed E-state index contributed by atoms with van der Waals surface area (Å²) < 4.78 is 0. The molecule has 1 aromatic rings. The van der Waals surface area contributed by atoms with E-state index in [9.17, 15) is 14.7 Å². The maximum absolute atomic E-state index is 12.3. The number of aromatic amines is 1. The number of pyridine rings is 1. The molecule has 5 nitrogen and oxygen atoms in total. The maximum Gasteiger partial charge on any atom is 0.251 e. The molecule has 1 fully saturated rings. The van der Waals surface area contributed by atoms with Crippen molar-refractivity contribution in [3.8, 4) is 5.88 Å². The van der Waals surface area contributed by atoms with Crippen molar-refractivity contribution in [1.82, 2.24) is 10.3 Å². The van der Waals surface area contributed by atoms with Gasteiger partial charge < -0.3 is 10.4 Å². The minimum absolute atomic E-state index is 0.156. The molecule has 0 saturated heterocycles. The van der Waals surface area contributed by atoms with E-state index in [4.69, 9.17) is 0 Å². The Morgan fingerprint density at radius 1 is 0.957 bits per heavy atom. The summed E-state index contributed by atoms with van der Waals surface area (Å²) in [4.78, 5) is 25.9. The molecule has 0 unspecified atom stereocenters. The third kappa shape index (κ3) is 6.47. The van der Waals surface area contributed by atoms with E-state index in [-0.39, 0.29) is 23.4 Å². The van der Waals surface area contributed by atoms with Crippen molar-refractivity contribution in [3.63, 3.8) is 0 Å².